The van der Waals surface area contributed by atoms with E-state index in [0.717, 1.165) is 10.2 Å². The Kier molecular flexibility index (Phi) is 7.57. The monoisotopic (exact) mass is 571 g/mol. The summed E-state index contributed by atoms with van der Waals surface area (Å²) in [6.45, 7) is 2.49. The second-order valence-electron chi connectivity index (χ2n) is 5.98. The number of nitrogens with zero attached hydrogens (tertiary/aromatic N) is 1. The van der Waals surface area contributed by atoms with Gasteiger partial charge in [0.2, 0.25) is 0 Å². The SMILES string of the molecule is CCOc1ccc(N=Cc2cc(Br)cc(Br)c2OS(=O)(=O)c2ccc(Cl)cc2)cc1. The number of aliphatic imine (C=N–C) groups is 1. The summed E-state index contributed by atoms with van der Waals surface area (Å²) in [7, 11) is -4.06. The lowest BCUT2D eigenvalue weighted by atomic mass is 10.2. The summed E-state index contributed by atoms with van der Waals surface area (Å²) < 4.78 is 37.5. The van der Waals surface area contributed by atoms with Crippen LogP contribution in [-0.2, 0) is 10.1 Å². The Hall–Kier alpha value is -1.87. The molecule has 0 saturated carbocycles. The topological polar surface area (TPSA) is 65.0 Å². The molecule has 156 valence electrons. The third-order valence-corrected chi connectivity index (χ3v) is 6.37. The average molecular weight is 574 g/mol. The van der Waals surface area contributed by atoms with E-state index in [1.54, 1.807) is 24.3 Å². The summed E-state index contributed by atoms with van der Waals surface area (Å²) in [5.41, 5.74) is 1.16. The van der Waals surface area contributed by atoms with Gasteiger partial charge >= 0.3 is 10.1 Å². The molecule has 9 heteroatoms. The molecule has 0 heterocycles. The number of benzene rings is 3. The molecule has 0 bridgehead atoms. The highest BCUT2D eigenvalue weighted by Crippen LogP contribution is 2.34. The zero-order valence-corrected chi connectivity index (χ0v) is 20.4. The highest BCUT2D eigenvalue weighted by Gasteiger charge is 2.21. The van der Waals surface area contributed by atoms with Gasteiger partial charge in [0.1, 0.15) is 10.6 Å². The van der Waals surface area contributed by atoms with Crippen LogP contribution in [0.15, 0.2) is 79.5 Å². The normalized spacial score (nSPS) is 11.6. The zero-order chi connectivity index (χ0) is 21.7. The molecule has 0 aromatic heterocycles. The maximum absolute atomic E-state index is 12.7. The van der Waals surface area contributed by atoms with E-state index in [0.29, 0.717) is 27.4 Å². The van der Waals surface area contributed by atoms with Crippen molar-refractivity contribution in [2.75, 3.05) is 6.61 Å². The molecule has 0 radical (unpaired) electrons. The van der Waals surface area contributed by atoms with E-state index in [1.807, 2.05) is 19.1 Å². The fourth-order valence-electron chi connectivity index (χ4n) is 2.46. The third kappa shape index (κ3) is 5.85. The van der Waals surface area contributed by atoms with Crippen LogP contribution in [-0.4, -0.2) is 21.2 Å². The van der Waals surface area contributed by atoms with Crippen molar-refractivity contribution in [3.63, 3.8) is 0 Å². The van der Waals surface area contributed by atoms with Gasteiger partial charge in [0.15, 0.2) is 5.75 Å². The van der Waals surface area contributed by atoms with E-state index < -0.39 is 10.1 Å². The van der Waals surface area contributed by atoms with Gasteiger partial charge in [0.05, 0.1) is 16.8 Å². The van der Waals surface area contributed by atoms with Crippen molar-refractivity contribution in [2.24, 2.45) is 4.99 Å². The maximum Gasteiger partial charge on any atom is 0.339 e. The van der Waals surface area contributed by atoms with E-state index in [9.17, 15) is 8.42 Å². The van der Waals surface area contributed by atoms with E-state index >= 15 is 0 Å². The number of halogens is 3. The van der Waals surface area contributed by atoms with E-state index in [2.05, 4.69) is 36.9 Å². The van der Waals surface area contributed by atoms with Crippen molar-refractivity contribution in [2.45, 2.75) is 11.8 Å². The van der Waals surface area contributed by atoms with Crippen molar-refractivity contribution in [3.8, 4) is 11.5 Å². The lowest BCUT2D eigenvalue weighted by Gasteiger charge is -2.12. The van der Waals surface area contributed by atoms with Gasteiger partial charge in [-0.1, -0.05) is 27.5 Å². The predicted octanol–water partition coefficient (Wildman–Crippen LogP) is 6.78. The molecule has 3 aromatic rings. The Bertz CT molecular complexity index is 1160. The van der Waals surface area contributed by atoms with Crippen molar-refractivity contribution in [3.05, 3.63) is 80.2 Å². The van der Waals surface area contributed by atoms with E-state index in [-0.39, 0.29) is 10.6 Å². The van der Waals surface area contributed by atoms with Crippen molar-refractivity contribution >= 4 is 65.5 Å². The van der Waals surface area contributed by atoms with Crippen LogP contribution in [0.2, 0.25) is 5.02 Å². The number of rotatable bonds is 7. The van der Waals surface area contributed by atoms with Crippen LogP contribution in [0.25, 0.3) is 0 Å². The minimum atomic E-state index is -4.06. The molecule has 5 nitrogen and oxygen atoms in total. The van der Waals surface area contributed by atoms with Gasteiger partial charge in [-0.25, -0.2) is 0 Å². The number of hydrogen-bond acceptors (Lipinski definition) is 5. The van der Waals surface area contributed by atoms with Gasteiger partial charge in [-0.05, 0) is 83.5 Å². The predicted molar refractivity (Wildman–Crippen MR) is 126 cm³/mol. The Morgan fingerprint density at radius 2 is 1.70 bits per heavy atom. The molecular weight excluding hydrogens is 558 g/mol. The van der Waals surface area contributed by atoms with Gasteiger partial charge < -0.3 is 8.92 Å². The van der Waals surface area contributed by atoms with Gasteiger partial charge in [0.25, 0.3) is 0 Å². The van der Waals surface area contributed by atoms with Crippen LogP contribution in [0.1, 0.15) is 12.5 Å². The van der Waals surface area contributed by atoms with Crippen LogP contribution in [0, 0.1) is 0 Å². The fraction of sp³-hybridized carbons (Fsp3) is 0.0952. The Labute approximate surface area is 197 Å². The first-order valence-corrected chi connectivity index (χ1v) is 12.1. The zero-order valence-electron chi connectivity index (χ0n) is 15.7. The van der Waals surface area contributed by atoms with Crippen LogP contribution in [0.5, 0.6) is 11.5 Å². The van der Waals surface area contributed by atoms with Crippen LogP contribution in [0.3, 0.4) is 0 Å². The summed E-state index contributed by atoms with van der Waals surface area (Å²) in [6.07, 6.45) is 1.54. The molecule has 0 saturated heterocycles. The molecule has 0 aliphatic rings. The third-order valence-electron chi connectivity index (χ3n) is 3.83. The first-order valence-electron chi connectivity index (χ1n) is 8.74. The quantitative estimate of drug-likeness (QED) is 0.231. The molecule has 0 N–H and O–H groups in total. The molecule has 0 spiro atoms. The molecule has 3 aromatic carbocycles. The van der Waals surface area contributed by atoms with Crippen LogP contribution >= 0.6 is 43.5 Å². The van der Waals surface area contributed by atoms with E-state index in [1.165, 1.54) is 30.5 Å². The Morgan fingerprint density at radius 3 is 2.33 bits per heavy atom. The molecule has 0 aliphatic heterocycles. The van der Waals surface area contributed by atoms with Gasteiger partial charge in [-0.15, -0.1) is 0 Å². The Balaban J connectivity index is 1.93. The summed E-state index contributed by atoms with van der Waals surface area (Å²) in [5.74, 6) is 0.877. The highest BCUT2D eigenvalue weighted by atomic mass is 79.9. The fourth-order valence-corrected chi connectivity index (χ4v) is 5.01. The minimum Gasteiger partial charge on any atom is -0.494 e. The van der Waals surface area contributed by atoms with Crippen LogP contribution in [0.4, 0.5) is 5.69 Å². The molecule has 0 unspecified atom stereocenters. The first-order chi connectivity index (χ1) is 14.3. The second kappa shape index (κ2) is 9.96. The molecule has 0 atom stereocenters. The van der Waals surface area contributed by atoms with Crippen molar-refractivity contribution in [1.29, 1.82) is 0 Å². The summed E-state index contributed by atoms with van der Waals surface area (Å²) in [5, 5.41) is 0.432. The van der Waals surface area contributed by atoms with Gasteiger partial charge in [0, 0.05) is 21.3 Å². The molecule has 0 amide bonds. The summed E-state index contributed by atoms with van der Waals surface area (Å²) in [4.78, 5) is 4.42. The smallest absolute Gasteiger partial charge is 0.339 e. The largest absolute Gasteiger partial charge is 0.494 e. The number of ether oxygens (including phenoxy) is 1. The molecule has 0 fully saturated rings. The van der Waals surface area contributed by atoms with Gasteiger partial charge in [-0.3, -0.25) is 4.99 Å². The van der Waals surface area contributed by atoms with E-state index in [4.69, 9.17) is 20.5 Å². The van der Waals surface area contributed by atoms with Crippen LogP contribution < -0.4 is 8.92 Å². The molecular formula is C21H16Br2ClNO4S. The Morgan fingerprint density at radius 1 is 1.03 bits per heavy atom. The standard InChI is InChI=1S/C21H16Br2ClNO4S/c1-2-28-18-7-5-17(6-8-18)25-13-14-11-15(22)12-20(23)21(14)29-30(26,27)19-9-3-16(24)4-10-19/h3-13H,2H2,1H3. The number of hydrogen-bond donors (Lipinski definition) is 0. The molecule has 3 rings (SSSR count). The summed E-state index contributed by atoms with van der Waals surface area (Å²) >= 11 is 12.6. The second-order valence-corrected chi connectivity index (χ2v) is 9.74. The minimum absolute atomic E-state index is 0.00359. The maximum atomic E-state index is 12.7. The average Bonchev–Trinajstić information content (AvgIpc) is 2.70. The molecule has 30 heavy (non-hydrogen) atoms. The van der Waals surface area contributed by atoms with Gasteiger partial charge in [-0.2, -0.15) is 8.42 Å². The highest BCUT2D eigenvalue weighted by molar-refractivity contribution is 9.11. The van der Waals surface area contributed by atoms with Crippen molar-refractivity contribution in [1.82, 2.24) is 0 Å². The lowest BCUT2D eigenvalue weighted by molar-refractivity contribution is 0.340. The lowest BCUT2D eigenvalue weighted by Crippen LogP contribution is -2.11. The van der Waals surface area contributed by atoms with Crippen molar-refractivity contribution < 1.29 is 17.3 Å². The molecule has 0 aliphatic carbocycles. The summed E-state index contributed by atoms with van der Waals surface area (Å²) in [6, 6.07) is 16.4. The first kappa shape index (κ1) is 22.8.